The van der Waals surface area contributed by atoms with Gasteiger partial charge in [-0.05, 0) is 31.4 Å². The van der Waals surface area contributed by atoms with Gasteiger partial charge in [0.1, 0.15) is 16.7 Å². The molecule has 0 aromatic carbocycles. The van der Waals surface area contributed by atoms with Crippen LogP contribution in [0.1, 0.15) is 25.0 Å². The van der Waals surface area contributed by atoms with Crippen molar-refractivity contribution in [1.82, 2.24) is 9.29 Å². The highest BCUT2D eigenvalue weighted by atomic mass is 32.2. The van der Waals surface area contributed by atoms with Gasteiger partial charge in [0.25, 0.3) is 0 Å². The fraction of sp³-hybridized carbons (Fsp3) is 0.538. The van der Waals surface area contributed by atoms with E-state index in [0.717, 1.165) is 19.3 Å². The van der Waals surface area contributed by atoms with Crippen molar-refractivity contribution < 1.29 is 13.2 Å². The van der Waals surface area contributed by atoms with Crippen molar-refractivity contribution in [3.8, 4) is 6.07 Å². The average molecular weight is 293 g/mol. The molecule has 1 aliphatic heterocycles. The third-order valence-electron chi connectivity index (χ3n) is 3.89. The molecule has 0 spiro atoms. The number of hydrogen-bond donors (Lipinski definition) is 0. The van der Waals surface area contributed by atoms with Crippen LogP contribution in [0.2, 0.25) is 0 Å². The molecule has 1 saturated carbocycles. The topological polar surface area (TPSA) is 83.3 Å². The Morgan fingerprint density at radius 2 is 2.25 bits per heavy atom. The third kappa shape index (κ3) is 2.20. The Morgan fingerprint density at radius 1 is 1.40 bits per heavy atom. The van der Waals surface area contributed by atoms with Crippen LogP contribution in [0.3, 0.4) is 0 Å². The monoisotopic (exact) mass is 293 g/mol. The minimum Gasteiger partial charge on any atom is -0.375 e. The first-order valence-corrected chi connectivity index (χ1v) is 8.06. The fourth-order valence-electron chi connectivity index (χ4n) is 2.92. The number of aromatic nitrogens is 1. The number of nitrogens with zero attached hydrogens (tertiary/aromatic N) is 3. The number of ether oxygens (including phenoxy) is 1. The Morgan fingerprint density at radius 3 is 2.95 bits per heavy atom. The summed E-state index contributed by atoms with van der Waals surface area (Å²) in [6, 6.07) is 4.69. The van der Waals surface area contributed by atoms with Crippen LogP contribution < -0.4 is 0 Å². The molecule has 2 heterocycles. The van der Waals surface area contributed by atoms with Crippen molar-refractivity contribution in [3.05, 3.63) is 24.0 Å². The summed E-state index contributed by atoms with van der Waals surface area (Å²) >= 11 is 0. The Balaban J connectivity index is 1.92. The predicted molar refractivity (Wildman–Crippen MR) is 70.2 cm³/mol. The molecule has 2 aliphatic rings. The van der Waals surface area contributed by atoms with Gasteiger partial charge >= 0.3 is 0 Å². The van der Waals surface area contributed by atoms with Crippen LogP contribution in [-0.4, -0.2) is 43.0 Å². The van der Waals surface area contributed by atoms with E-state index in [4.69, 9.17) is 10.00 Å². The molecule has 6 nitrogen and oxygen atoms in total. The molecular formula is C13H15N3O3S. The average Bonchev–Trinajstić information content (AvgIpc) is 2.95. The molecule has 7 heteroatoms. The van der Waals surface area contributed by atoms with Crippen molar-refractivity contribution in [3.63, 3.8) is 0 Å². The van der Waals surface area contributed by atoms with Gasteiger partial charge < -0.3 is 4.74 Å². The summed E-state index contributed by atoms with van der Waals surface area (Å²) in [7, 11) is -3.56. The van der Waals surface area contributed by atoms with Gasteiger partial charge in [-0.25, -0.2) is 13.4 Å². The van der Waals surface area contributed by atoms with E-state index < -0.39 is 10.0 Å². The van der Waals surface area contributed by atoms with Crippen LogP contribution in [-0.2, 0) is 14.8 Å². The van der Waals surface area contributed by atoms with Gasteiger partial charge in [-0.1, -0.05) is 0 Å². The zero-order valence-corrected chi connectivity index (χ0v) is 11.7. The molecule has 1 aromatic heterocycles. The van der Waals surface area contributed by atoms with Crippen molar-refractivity contribution in [2.75, 3.05) is 13.2 Å². The van der Waals surface area contributed by atoms with E-state index in [1.165, 1.54) is 22.6 Å². The van der Waals surface area contributed by atoms with Crippen LogP contribution in [0.4, 0.5) is 0 Å². The van der Waals surface area contributed by atoms with Gasteiger partial charge in [-0.15, -0.1) is 0 Å². The first kappa shape index (κ1) is 13.5. The van der Waals surface area contributed by atoms with E-state index in [-0.39, 0.29) is 22.7 Å². The van der Waals surface area contributed by atoms with Crippen molar-refractivity contribution in [2.24, 2.45) is 0 Å². The number of nitriles is 1. The maximum absolute atomic E-state index is 12.7. The van der Waals surface area contributed by atoms with E-state index in [0.29, 0.717) is 13.2 Å². The Bertz CT molecular complexity index is 636. The first-order chi connectivity index (χ1) is 9.63. The second kappa shape index (κ2) is 5.13. The lowest BCUT2D eigenvalue weighted by molar-refractivity contribution is -0.0241. The van der Waals surface area contributed by atoms with E-state index in [1.807, 2.05) is 6.07 Å². The summed E-state index contributed by atoms with van der Waals surface area (Å²) in [6.45, 7) is 0.813. The highest BCUT2D eigenvalue weighted by Gasteiger charge is 2.42. The summed E-state index contributed by atoms with van der Waals surface area (Å²) in [4.78, 5) is 3.99. The van der Waals surface area contributed by atoms with E-state index in [9.17, 15) is 8.42 Å². The number of morpholine rings is 1. The zero-order chi connectivity index (χ0) is 14.2. The lowest BCUT2D eigenvalue weighted by atomic mass is 10.2. The van der Waals surface area contributed by atoms with Gasteiger partial charge in [0.2, 0.25) is 10.0 Å². The number of pyridine rings is 1. The Kier molecular flexibility index (Phi) is 3.46. The van der Waals surface area contributed by atoms with E-state index in [2.05, 4.69) is 4.98 Å². The lowest BCUT2D eigenvalue weighted by Gasteiger charge is -2.36. The second-order valence-electron chi connectivity index (χ2n) is 5.01. The van der Waals surface area contributed by atoms with E-state index in [1.54, 1.807) is 0 Å². The minimum atomic E-state index is -3.56. The zero-order valence-electron chi connectivity index (χ0n) is 10.9. The summed E-state index contributed by atoms with van der Waals surface area (Å²) in [6.07, 6.45) is 4.03. The highest BCUT2D eigenvalue weighted by Crippen LogP contribution is 2.33. The molecule has 2 fully saturated rings. The number of hydrogen-bond acceptors (Lipinski definition) is 5. The fourth-order valence-corrected chi connectivity index (χ4v) is 4.53. The number of fused-ring (bicyclic) bond motifs is 1. The number of sulfonamides is 1. The van der Waals surface area contributed by atoms with Crippen molar-refractivity contribution in [2.45, 2.75) is 36.3 Å². The predicted octanol–water partition coefficient (Wildman–Crippen LogP) is 0.895. The molecule has 2 atom stereocenters. The quantitative estimate of drug-likeness (QED) is 0.809. The molecule has 0 N–H and O–H groups in total. The normalized spacial score (nSPS) is 26.9. The number of rotatable bonds is 2. The molecule has 3 rings (SSSR count). The molecule has 0 bridgehead atoms. The van der Waals surface area contributed by atoms with Crippen LogP contribution in [0.5, 0.6) is 0 Å². The summed E-state index contributed by atoms with van der Waals surface area (Å²) in [5.74, 6) is 0. The third-order valence-corrected chi connectivity index (χ3v) is 5.80. The van der Waals surface area contributed by atoms with Crippen LogP contribution in [0.15, 0.2) is 23.2 Å². The molecule has 106 valence electrons. The van der Waals surface area contributed by atoms with Crippen molar-refractivity contribution >= 4 is 10.0 Å². The standard InChI is InChI=1S/C13H15N3O3S/c14-8-10-4-5-11(9-15-10)20(17,18)16-6-7-19-13-3-1-2-12(13)16/h4-5,9,12-13H,1-3,6-7H2. The molecule has 2 unspecified atom stereocenters. The molecule has 0 amide bonds. The lowest BCUT2D eigenvalue weighted by Crippen LogP contribution is -2.51. The Hall–Kier alpha value is -1.49. The summed E-state index contributed by atoms with van der Waals surface area (Å²) < 4.78 is 32.5. The summed E-state index contributed by atoms with van der Waals surface area (Å²) in [5.41, 5.74) is 0.213. The van der Waals surface area contributed by atoms with Gasteiger partial charge in [0.15, 0.2) is 0 Å². The minimum absolute atomic E-state index is 0.0184. The highest BCUT2D eigenvalue weighted by molar-refractivity contribution is 7.89. The van der Waals surface area contributed by atoms with Gasteiger partial charge in [-0.3, -0.25) is 0 Å². The van der Waals surface area contributed by atoms with Gasteiger partial charge in [-0.2, -0.15) is 9.57 Å². The van der Waals surface area contributed by atoms with Gasteiger partial charge in [0.05, 0.1) is 18.8 Å². The smallest absolute Gasteiger partial charge is 0.245 e. The van der Waals surface area contributed by atoms with Crippen LogP contribution in [0, 0.1) is 11.3 Å². The first-order valence-electron chi connectivity index (χ1n) is 6.62. The van der Waals surface area contributed by atoms with Crippen LogP contribution >= 0.6 is 0 Å². The molecular weight excluding hydrogens is 278 g/mol. The van der Waals surface area contributed by atoms with E-state index >= 15 is 0 Å². The second-order valence-corrected chi connectivity index (χ2v) is 6.90. The molecule has 0 radical (unpaired) electrons. The Labute approximate surface area is 118 Å². The maximum atomic E-state index is 12.7. The molecule has 20 heavy (non-hydrogen) atoms. The molecule has 1 saturated heterocycles. The van der Waals surface area contributed by atoms with Crippen molar-refractivity contribution in [1.29, 1.82) is 5.26 Å². The SMILES string of the molecule is N#Cc1ccc(S(=O)(=O)N2CCOC3CCCC32)cn1. The largest absolute Gasteiger partial charge is 0.375 e. The summed E-state index contributed by atoms with van der Waals surface area (Å²) in [5, 5.41) is 8.71. The van der Waals surface area contributed by atoms with Crippen LogP contribution in [0.25, 0.3) is 0 Å². The molecule has 1 aliphatic carbocycles. The van der Waals surface area contributed by atoms with Gasteiger partial charge in [0, 0.05) is 12.7 Å². The maximum Gasteiger partial charge on any atom is 0.245 e. The molecule has 1 aromatic rings.